The number of carbonyl (C=O) groups excluding carboxylic acids is 1. The molecule has 1 aliphatic rings. The zero-order chi connectivity index (χ0) is 14.6. The summed E-state index contributed by atoms with van der Waals surface area (Å²) in [6.45, 7) is 7.79. The van der Waals surface area contributed by atoms with E-state index in [1.165, 1.54) is 0 Å². The molecule has 1 amide bonds. The second-order valence-corrected chi connectivity index (χ2v) is 6.16. The van der Waals surface area contributed by atoms with Crippen LogP contribution in [-0.4, -0.2) is 46.5 Å². The highest BCUT2D eigenvalue weighted by Crippen LogP contribution is 2.20. The fraction of sp³-hybridized carbons (Fsp3) is 0.714. The molecule has 6 nitrogen and oxygen atoms in total. The predicted octanol–water partition coefficient (Wildman–Crippen LogP) is 2.44. The van der Waals surface area contributed by atoms with Crippen LogP contribution in [0.15, 0.2) is 12.4 Å². The van der Waals surface area contributed by atoms with E-state index in [1.54, 1.807) is 17.3 Å². The number of likely N-dealkylation sites (tertiary alicyclic amines) is 1. The minimum atomic E-state index is -0.432. The van der Waals surface area contributed by atoms with Gasteiger partial charge >= 0.3 is 6.09 Å². The van der Waals surface area contributed by atoms with Crippen LogP contribution in [0.5, 0.6) is 5.75 Å². The molecule has 20 heavy (non-hydrogen) atoms. The first-order chi connectivity index (χ1) is 9.44. The fourth-order valence-electron chi connectivity index (χ4n) is 2.14. The number of ether oxygens (including phenoxy) is 2. The molecule has 1 saturated heterocycles. The molecule has 0 radical (unpaired) electrons. The number of nitrogens with zero attached hydrogens (tertiary/aromatic N) is 2. The molecule has 1 aromatic heterocycles. The number of aromatic nitrogens is 2. The van der Waals surface area contributed by atoms with Gasteiger partial charge in [-0.2, -0.15) is 5.10 Å². The highest BCUT2D eigenvalue weighted by atomic mass is 16.6. The minimum Gasteiger partial charge on any atom is -0.490 e. The molecule has 0 aliphatic carbocycles. The number of carbonyl (C=O) groups is 1. The average molecular weight is 281 g/mol. The van der Waals surface area contributed by atoms with Gasteiger partial charge in [0.2, 0.25) is 0 Å². The molecule has 1 aromatic rings. The Kier molecular flexibility index (Phi) is 4.52. The van der Waals surface area contributed by atoms with Crippen molar-refractivity contribution >= 4 is 6.09 Å². The Bertz CT molecular complexity index is 417. The number of H-pyrrole nitrogens is 1. The number of aromatic amines is 1. The molecule has 1 aliphatic heterocycles. The summed E-state index contributed by atoms with van der Waals surface area (Å²) in [5.41, 5.74) is -0.432. The van der Waals surface area contributed by atoms with E-state index < -0.39 is 5.60 Å². The van der Waals surface area contributed by atoms with Crippen molar-refractivity contribution in [1.82, 2.24) is 15.1 Å². The first-order valence-corrected chi connectivity index (χ1v) is 7.03. The minimum absolute atomic E-state index is 0.216. The Labute approximate surface area is 119 Å². The molecule has 6 heteroatoms. The third-order valence-electron chi connectivity index (χ3n) is 3.23. The van der Waals surface area contributed by atoms with Crippen LogP contribution in [0.3, 0.4) is 0 Å². The van der Waals surface area contributed by atoms with Gasteiger partial charge in [0.15, 0.2) is 5.75 Å². The zero-order valence-corrected chi connectivity index (χ0v) is 12.4. The van der Waals surface area contributed by atoms with E-state index in [2.05, 4.69) is 10.2 Å². The molecule has 2 rings (SSSR count). The SMILES string of the molecule is CC(C)(C)OC(=O)N1CCC(COc2cn[nH]c2)CC1. The Morgan fingerprint density at radius 2 is 2.15 bits per heavy atom. The van der Waals surface area contributed by atoms with Crippen LogP contribution < -0.4 is 4.74 Å². The van der Waals surface area contributed by atoms with E-state index in [9.17, 15) is 4.79 Å². The van der Waals surface area contributed by atoms with Gasteiger partial charge in [0.1, 0.15) is 5.60 Å². The second kappa shape index (κ2) is 6.15. The molecule has 112 valence electrons. The van der Waals surface area contributed by atoms with E-state index in [0.29, 0.717) is 12.5 Å². The Morgan fingerprint density at radius 1 is 1.45 bits per heavy atom. The molecule has 2 heterocycles. The number of hydrogen-bond donors (Lipinski definition) is 1. The lowest BCUT2D eigenvalue weighted by molar-refractivity contribution is 0.0165. The summed E-state index contributed by atoms with van der Waals surface area (Å²) in [4.78, 5) is 13.7. The summed E-state index contributed by atoms with van der Waals surface area (Å²) in [6.07, 6.45) is 5.06. The third-order valence-corrected chi connectivity index (χ3v) is 3.23. The maximum atomic E-state index is 11.9. The molecule has 0 aromatic carbocycles. The van der Waals surface area contributed by atoms with Crippen molar-refractivity contribution in [3.05, 3.63) is 12.4 Å². The Balaban J connectivity index is 1.71. The third kappa shape index (κ3) is 4.43. The topological polar surface area (TPSA) is 67.4 Å². The van der Waals surface area contributed by atoms with Gasteiger partial charge in [-0.15, -0.1) is 0 Å². The number of rotatable bonds is 3. The van der Waals surface area contributed by atoms with Gasteiger partial charge in [0, 0.05) is 13.1 Å². The molecule has 1 N–H and O–H groups in total. The fourth-order valence-corrected chi connectivity index (χ4v) is 2.14. The molecule has 0 bridgehead atoms. The molecular weight excluding hydrogens is 258 g/mol. The normalized spacial score (nSPS) is 17.1. The number of nitrogens with one attached hydrogen (secondary N) is 1. The monoisotopic (exact) mass is 281 g/mol. The maximum absolute atomic E-state index is 11.9. The van der Waals surface area contributed by atoms with Crippen molar-refractivity contribution in [1.29, 1.82) is 0 Å². The predicted molar refractivity (Wildman–Crippen MR) is 74.6 cm³/mol. The van der Waals surface area contributed by atoms with Gasteiger partial charge in [-0.1, -0.05) is 0 Å². The van der Waals surface area contributed by atoms with Gasteiger partial charge in [-0.05, 0) is 39.5 Å². The molecule has 0 atom stereocenters. The van der Waals surface area contributed by atoms with E-state index in [1.807, 2.05) is 20.8 Å². The first kappa shape index (κ1) is 14.7. The smallest absolute Gasteiger partial charge is 0.410 e. The maximum Gasteiger partial charge on any atom is 0.410 e. The summed E-state index contributed by atoms with van der Waals surface area (Å²) in [5.74, 6) is 1.24. The molecular formula is C14H23N3O3. The van der Waals surface area contributed by atoms with Gasteiger partial charge in [-0.3, -0.25) is 5.10 Å². The molecule has 0 saturated carbocycles. The first-order valence-electron chi connectivity index (χ1n) is 7.03. The number of hydrogen-bond acceptors (Lipinski definition) is 4. The summed E-state index contributed by atoms with van der Waals surface area (Å²) < 4.78 is 11.0. The van der Waals surface area contributed by atoms with Crippen LogP contribution in [0.2, 0.25) is 0 Å². The van der Waals surface area contributed by atoms with Crippen LogP contribution in [0, 0.1) is 5.92 Å². The summed E-state index contributed by atoms with van der Waals surface area (Å²) in [5, 5.41) is 6.55. The highest BCUT2D eigenvalue weighted by Gasteiger charge is 2.27. The van der Waals surface area contributed by atoms with Crippen molar-refractivity contribution in [2.45, 2.75) is 39.2 Å². The lowest BCUT2D eigenvalue weighted by Gasteiger charge is -2.33. The second-order valence-electron chi connectivity index (χ2n) is 6.16. The van der Waals surface area contributed by atoms with Crippen molar-refractivity contribution < 1.29 is 14.3 Å². The summed E-state index contributed by atoms with van der Waals surface area (Å²) in [7, 11) is 0. The number of piperidine rings is 1. The van der Waals surface area contributed by atoms with Crippen LogP contribution in [0.4, 0.5) is 4.79 Å². The average Bonchev–Trinajstić information content (AvgIpc) is 2.88. The van der Waals surface area contributed by atoms with E-state index in [0.717, 1.165) is 31.7 Å². The van der Waals surface area contributed by atoms with Crippen LogP contribution in [-0.2, 0) is 4.74 Å². The van der Waals surface area contributed by atoms with Gasteiger partial charge in [-0.25, -0.2) is 4.79 Å². The van der Waals surface area contributed by atoms with E-state index in [-0.39, 0.29) is 6.09 Å². The highest BCUT2D eigenvalue weighted by molar-refractivity contribution is 5.68. The molecule has 0 spiro atoms. The lowest BCUT2D eigenvalue weighted by Crippen LogP contribution is -2.42. The van der Waals surface area contributed by atoms with Crippen LogP contribution in [0.1, 0.15) is 33.6 Å². The van der Waals surface area contributed by atoms with Gasteiger partial charge in [0.05, 0.1) is 19.0 Å². The Hall–Kier alpha value is -1.72. The van der Waals surface area contributed by atoms with E-state index >= 15 is 0 Å². The van der Waals surface area contributed by atoms with Crippen molar-refractivity contribution in [2.75, 3.05) is 19.7 Å². The zero-order valence-electron chi connectivity index (χ0n) is 12.4. The van der Waals surface area contributed by atoms with Crippen molar-refractivity contribution in [2.24, 2.45) is 5.92 Å². The van der Waals surface area contributed by atoms with Crippen molar-refractivity contribution in [3.8, 4) is 5.75 Å². The standard InChI is InChI=1S/C14H23N3O3/c1-14(2,3)20-13(18)17-6-4-11(5-7-17)10-19-12-8-15-16-9-12/h8-9,11H,4-7,10H2,1-3H3,(H,15,16). The van der Waals surface area contributed by atoms with Gasteiger partial charge < -0.3 is 14.4 Å². The molecule has 0 unspecified atom stereocenters. The lowest BCUT2D eigenvalue weighted by atomic mass is 9.98. The number of amides is 1. The van der Waals surface area contributed by atoms with Crippen LogP contribution >= 0.6 is 0 Å². The largest absolute Gasteiger partial charge is 0.490 e. The molecule has 1 fully saturated rings. The summed E-state index contributed by atoms with van der Waals surface area (Å²) >= 11 is 0. The van der Waals surface area contributed by atoms with Crippen LogP contribution in [0.25, 0.3) is 0 Å². The van der Waals surface area contributed by atoms with Gasteiger partial charge in [0.25, 0.3) is 0 Å². The quantitative estimate of drug-likeness (QED) is 0.924. The Morgan fingerprint density at radius 3 is 2.70 bits per heavy atom. The van der Waals surface area contributed by atoms with E-state index in [4.69, 9.17) is 9.47 Å². The summed E-state index contributed by atoms with van der Waals surface area (Å²) in [6, 6.07) is 0. The van der Waals surface area contributed by atoms with Crippen molar-refractivity contribution in [3.63, 3.8) is 0 Å².